The lowest BCUT2D eigenvalue weighted by atomic mass is 10.2. The first-order valence-corrected chi connectivity index (χ1v) is 8.40. The van der Waals surface area contributed by atoms with Crippen molar-refractivity contribution >= 4 is 11.6 Å². The van der Waals surface area contributed by atoms with Crippen molar-refractivity contribution in [2.45, 2.75) is 45.6 Å². The van der Waals surface area contributed by atoms with Crippen LogP contribution in [0.1, 0.15) is 38.7 Å². The van der Waals surface area contributed by atoms with Gasteiger partial charge in [-0.1, -0.05) is 13.8 Å². The van der Waals surface area contributed by atoms with Crippen LogP contribution in [0.2, 0.25) is 0 Å². The molecule has 1 aromatic heterocycles. The van der Waals surface area contributed by atoms with Crippen LogP contribution in [-0.2, 0) is 6.42 Å². The summed E-state index contributed by atoms with van der Waals surface area (Å²) in [6, 6.07) is 0.880. The molecule has 0 amide bonds. The average Bonchev–Trinajstić information content (AvgIpc) is 3.37. The van der Waals surface area contributed by atoms with Crippen LogP contribution in [0.3, 0.4) is 0 Å². The SMILES string of the molecule is CCCNc1ncnc(N2CCN(C3CC3)CC2)c1CC. The lowest BCUT2D eigenvalue weighted by molar-refractivity contribution is 0.247. The van der Waals surface area contributed by atoms with Gasteiger partial charge in [-0.25, -0.2) is 9.97 Å². The van der Waals surface area contributed by atoms with Gasteiger partial charge in [0.05, 0.1) is 0 Å². The molecule has 2 heterocycles. The van der Waals surface area contributed by atoms with Crippen molar-refractivity contribution in [2.75, 3.05) is 42.9 Å². The van der Waals surface area contributed by atoms with Crippen molar-refractivity contribution in [3.63, 3.8) is 0 Å². The number of hydrogen-bond acceptors (Lipinski definition) is 5. The fourth-order valence-electron chi connectivity index (χ4n) is 3.14. The van der Waals surface area contributed by atoms with E-state index < -0.39 is 0 Å². The van der Waals surface area contributed by atoms with Crippen LogP contribution in [-0.4, -0.2) is 53.6 Å². The van der Waals surface area contributed by atoms with Gasteiger partial charge in [0.1, 0.15) is 18.0 Å². The zero-order valence-electron chi connectivity index (χ0n) is 13.3. The van der Waals surface area contributed by atoms with Crippen molar-refractivity contribution in [1.29, 1.82) is 0 Å². The van der Waals surface area contributed by atoms with E-state index in [-0.39, 0.29) is 0 Å². The number of hydrogen-bond donors (Lipinski definition) is 1. The monoisotopic (exact) mass is 289 g/mol. The summed E-state index contributed by atoms with van der Waals surface area (Å²) in [5.74, 6) is 2.16. The molecule has 0 radical (unpaired) electrons. The van der Waals surface area contributed by atoms with Gasteiger partial charge in [-0.3, -0.25) is 4.90 Å². The first-order chi connectivity index (χ1) is 10.3. The molecule has 0 unspecified atom stereocenters. The lowest BCUT2D eigenvalue weighted by Gasteiger charge is -2.36. The first kappa shape index (κ1) is 14.6. The van der Waals surface area contributed by atoms with Gasteiger partial charge in [-0.2, -0.15) is 0 Å². The van der Waals surface area contributed by atoms with Gasteiger partial charge in [-0.05, 0) is 25.7 Å². The Morgan fingerprint density at radius 2 is 1.90 bits per heavy atom. The van der Waals surface area contributed by atoms with Gasteiger partial charge in [-0.15, -0.1) is 0 Å². The third kappa shape index (κ3) is 3.28. The molecule has 5 nitrogen and oxygen atoms in total. The normalized spacial score (nSPS) is 19.8. The topological polar surface area (TPSA) is 44.3 Å². The van der Waals surface area contributed by atoms with Crippen molar-refractivity contribution < 1.29 is 0 Å². The molecule has 1 aliphatic carbocycles. The van der Waals surface area contributed by atoms with Gasteiger partial charge in [0, 0.05) is 44.3 Å². The molecule has 1 saturated carbocycles. The van der Waals surface area contributed by atoms with Gasteiger partial charge >= 0.3 is 0 Å². The van der Waals surface area contributed by atoms with Crippen molar-refractivity contribution in [2.24, 2.45) is 0 Å². The molecule has 1 aliphatic heterocycles. The fourth-order valence-corrected chi connectivity index (χ4v) is 3.14. The molecule has 1 aromatic rings. The van der Waals surface area contributed by atoms with E-state index in [1.807, 2.05) is 0 Å². The minimum Gasteiger partial charge on any atom is -0.370 e. The van der Waals surface area contributed by atoms with Crippen LogP contribution in [0, 0.1) is 0 Å². The summed E-state index contributed by atoms with van der Waals surface area (Å²) < 4.78 is 0. The Hall–Kier alpha value is -1.36. The molecular weight excluding hydrogens is 262 g/mol. The van der Waals surface area contributed by atoms with Crippen LogP contribution < -0.4 is 10.2 Å². The summed E-state index contributed by atoms with van der Waals surface area (Å²) in [5.41, 5.74) is 1.27. The number of rotatable bonds is 6. The summed E-state index contributed by atoms with van der Waals surface area (Å²) in [5, 5.41) is 3.44. The summed E-state index contributed by atoms with van der Waals surface area (Å²) in [6.45, 7) is 9.88. The van der Waals surface area contributed by atoms with Crippen LogP contribution in [0.15, 0.2) is 6.33 Å². The highest BCUT2D eigenvalue weighted by Gasteiger charge is 2.32. The Bertz CT molecular complexity index is 464. The second-order valence-electron chi connectivity index (χ2n) is 6.06. The maximum absolute atomic E-state index is 4.58. The van der Waals surface area contributed by atoms with Gasteiger partial charge in [0.25, 0.3) is 0 Å². The lowest BCUT2D eigenvalue weighted by Crippen LogP contribution is -2.47. The fraction of sp³-hybridized carbons (Fsp3) is 0.750. The van der Waals surface area contributed by atoms with Gasteiger partial charge < -0.3 is 10.2 Å². The van der Waals surface area contributed by atoms with Gasteiger partial charge in [0.2, 0.25) is 0 Å². The van der Waals surface area contributed by atoms with E-state index in [2.05, 4.69) is 38.9 Å². The van der Waals surface area contributed by atoms with Crippen LogP contribution in [0.25, 0.3) is 0 Å². The van der Waals surface area contributed by atoms with E-state index in [0.717, 1.165) is 50.2 Å². The van der Waals surface area contributed by atoms with E-state index in [0.29, 0.717) is 0 Å². The second kappa shape index (κ2) is 6.60. The van der Waals surface area contributed by atoms with Crippen LogP contribution in [0.5, 0.6) is 0 Å². The largest absolute Gasteiger partial charge is 0.370 e. The first-order valence-electron chi connectivity index (χ1n) is 8.40. The molecule has 0 atom stereocenters. The van der Waals surface area contributed by atoms with E-state index in [1.165, 1.54) is 31.5 Å². The third-order valence-electron chi connectivity index (χ3n) is 4.50. The smallest absolute Gasteiger partial charge is 0.137 e. The number of nitrogens with one attached hydrogen (secondary N) is 1. The molecule has 21 heavy (non-hydrogen) atoms. The van der Waals surface area contributed by atoms with Crippen molar-refractivity contribution in [1.82, 2.24) is 14.9 Å². The molecule has 1 N–H and O–H groups in total. The standard InChI is InChI=1S/C16H27N5/c1-3-7-17-15-14(4-2)16(19-12-18-15)21-10-8-20(9-11-21)13-5-6-13/h12-13H,3-11H2,1-2H3,(H,17,18,19). The van der Waals surface area contributed by atoms with Crippen LogP contribution >= 0.6 is 0 Å². The van der Waals surface area contributed by atoms with E-state index in [1.54, 1.807) is 6.33 Å². The minimum absolute atomic E-state index is 0.880. The number of anilines is 2. The Balaban J connectivity index is 1.71. The highest BCUT2D eigenvalue weighted by atomic mass is 15.3. The molecule has 1 saturated heterocycles. The minimum atomic E-state index is 0.880. The predicted octanol–water partition coefficient (Wildman–Crippen LogP) is 2.15. The Morgan fingerprint density at radius 3 is 2.52 bits per heavy atom. The highest BCUT2D eigenvalue weighted by Crippen LogP contribution is 2.30. The summed E-state index contributed by atoms with van der Waals surface area (Å²) >= 11 is 0. The van der Waals surface area contributed by atoms with E-state index >= 15 is 0 Å². The zero-order valence-corrected chi connectivity index (χ0v) is 13.3. The maximum atomic E-state index is 4.58. The average molecular weight is 289 g/mol. The molecule has 2 fully saturated rings. The molecule has 2 aliphatic rings. The third-order valence-corrected chi connectivity index (χ3v) is 4.50. The number of aromatic nitrogens is 2. The number of nitrogens with zero attached hydrogens (tertiary/aromatic N) is 4. The Labute approximate surface area is 127 Å². The zero-order chi connectivity index (χ0) is 14.7. The molecule has 3 rings (SSSR count). The molecule has 0 aromatic carbocycles. The molecule has 116 valence electrons. The van der Waals surface area contributed by atoms with E-state index in [4.69, 9.17) is 0 Å². The predicted molar refractivity (Wildman–Crippen MR) is 87.0 cm³/mol. The number of piperazine rings is 1. The second-order valence-corrected chi connectivity index (χ2v) is 6.06. The molecule has 5 heteroatoms. The van der Waals surface area contributed by atoms with Crippen molar-refractivity contribution in [3.8, 4) is 0 Å². The Morgan fingerprint density at radius 1 is 1.14 bits per heavy atom. The Kier molecular flexibility index (Phi) is 4.58. The van der Waals surface area contributed by atoms with E-state index in [9.17, 15) is 0 Å². The summed E-state index contributed by atoms with van der Waals surface area (Å²) in [7, 11) is 0. The van der Waals surface area contributed by atoms with Gasteiger partial charge in [0.15, 0.2) is 0 Å². The maximum Gasteiger partial charge on any atom is 0.137 e. The van der Waals surface area contributed by atoms with Crippen molar-refractivity contribution in [3.05, 3.63) is 11.9 Å². The molecule has 0 bridgehead atoms. The summed E-state index contributed by atoms with van der Waals surface area (Å²) in [6.07, 6.45) is 6.60. The molecule has 0 spiro atoms. The highest BCUT2D eigenvalue weighted by molar-refractivity contribution is 5.59. The molecular formula is C16H27N5. The quantitative estimate of drug-likeness (QED) is 0.869. The summed E-state index contributed by atoms with van der Waals surface area (Å²) in [4.78, 5) is 14.1. The van der Waals surface area contributed by atoms with Crippen LogP contribution in [0.4, 0.5) is 11.6 Å².